The predicted molar refractivity (Wildman–Crippen MR) is 140 cm³/mol. The van der Waals surface area contributed by atoms with Crippen molar-refractivity contribution in [2.24, 2.45) is 0 Å². The second-order valence-electron chi connectivity index (χ2n) is 7.73. The zero-order chi connectivity index (χ0) is 25.7. The number of ether oxygens (including phenoxy) is 2. The van der Waals surface area contributed by atoms with E-state index >= 15 is 4.39 Å². The van der Waals surface area contributed by atoms with E-state index in [4.69, 9.17) is 26.2 Å². The van der Waals surface area contributed by atoms with Crippen LogP contribution in [0.5, 0.6) is 11.6 Å². The maximum Gasteiger partial charge on any atom is 0.335 e. The van der Waals surface area contributed by atoms with Gasteiger partial charge in [0.05, 0.1) is 23.7 Å². The third-order valence-corrected chi connectivity index (χ3v) is 6.49. The van der Waals surface area contributed by atoms with Crippen molar-refractivity contribution in [3.8, 4) is 34.0 Å². The van der Waals surface area contributed by atoms with Gasteiger partial charge >= 0.3 is 5.97 Å². The molecule has 0 amide bonds. The van der Waals surface area contributed by atoms with Gasteiger partial charge in [0.15, 0.2) is 0 Å². The van der Waals surface area contributed by atoms with Gasteiger partial charge in [-0.2, -0.15) is 9.49 Å². The van der Waals surface area contributed by atoms with Crippen molar-refractivity contribution in [2.45, 2.75) is 18.4 Å². The molecule has 1 aromatic heterocycles. The highest BCUT2D eigenvalue weighted by molar-refractivity contribution is 7.98. The molecule has 0 radical (unpaired) electrons. The Balaban J connectivity index is 1.47. The standard InChI is InChI=1S/C27H24ClFN2O4S/c1-3-34-26-24(29)25(18-4-6-19(7-5-18)27(32)33)30-31(26)14-15-35-23-13-10-20(16-22(23)28)17-8-11-21(36-2)12-9-17/h4-13,16H,3,14-15H2,1-2H3,(H,32,33). The molecule has 0 aliphatic carbocycles. The van der Waals surface area contributed by atoms with Gasteiger partial charge in [0, 0.05) is 10.5 Å². The van der Waals surface area contributed by atoms with Crippen molar-refractivity contribution in [1.82, 2.24) is 9.78 Å². The summed E-state index contributed by atoms with van der Waals surface area (Å²) in [5, 5.41) is 13.9. The number of rotatable bonds is 10. The van der Waals surface area contributed by atoms with Gasteiger partial charge in [0.2, 0.25) is 11.7 Å². The van der Waals surface area contributed by atoms with E-state index in [0.717, 1.165) is 11.1 Å². The molecule has 6 nitrogen and oxygen atoms in total. The fourth-order valence-corrected chi connectivity index (χ4v) is 4.27. The average molecular weight is 527 g/mol. The van der Waals surface area contributed by atoms with Crippen LogP contribution in [-0.2, 0) is 6.54 Å². The second kappa shape index (κ2) is 11.5. The van der Waals surface area contributed by atoms with Gasteiger partial charge in [-0.25, -0.2) is 9.48 Å². The van der Waals surface area contributed by atoms with Crippen LogP contribution in [0.25, 0.3) is 22.4 Å². The lowest BCUT2D eigenvalue weighted by atomic mass is 10.1. The van der Waals surface area contributed by atoms with Crippen LogP contribution in [0.3, 0.4) is 0 Å². The van der Waals surface area contributed by atoms with Crippen LogP contribution in [0.2, 0.25) is 5.02 Å². The van der Waals surface area contributed by atoms with E-state index in [-0.39, 0.29) is 36.9 Å². The molecule has 36 heavy (non-hydrogen) atoms. The van der Waals surface area contributed by atoms with Crippen molar-refractivity contribution in [3.05, 3.63) is 83.1 Å². The van der Waals surface area contributed by atoms with E-state index in [1.165, 1.54) is 33.8 Å². The minimum absolute atomic E-state index is 0.00598. The lowest BCUT2D eigenvalue weighted by Crippen LogP contribution is -2.12. The lowest BCUT2D eigenvalue weighted by Gasteiger charge is -2.11. The second-order valence-corrected chi connectivity index (χ2v) is 9.02. The van der Waals surface area contributed by atoms with Gasteiger partial charge in [-0.15, -0.1) is 11.8 Å². The highest BCUT2D eigenvalue weighted by Gasteiger charge is 2.21. The topological polar surface area (TPSA) is 73.6 Å². The fraction of sp³-hybridized carbons (Fsp3) is 0.185. The first kappa shape index (κ1) is 25.6. The molecule has 0 saturated heterocycles. The molecule has 4 rings (SSSR count). The van der Waals surface area contributed by atoms with Gasteiger partial charge < -0.3 is 14.6 Å². The van der Waals surface area contributed by atoms with Crippen LogP contribution < -0.4 is 9.47 Å². The number of thioether (sulfide) groups is 1. The van der Waals surface area contributed by atoms with E-state index in [0.29, 0.717) is 16.3 Å². The molecule has 0 aliphatic rings. The highest BCUT2D eigenvalue weighted by Crippen LogP contribution is 2.32. The summed E-state index contributed by atoms with van der Waals surface area (Å²) in [6.45, 7) is 2.41. The zero-order valence-corrected chi connectivity index (χ0v) is 21.3. The molecule has 1 heterocycles. The number of carbonyl (C=O) groups is 1. The molecule has 9 heteroatoms. The minimum atomic E-state index is -1.06. The Bertz CT molecular complexity index is 1360. The van der Waals surface area contributed by atoms with E-state index in [2.05, 4.69) is 17.2 Å². The number of carboxylic acids is 1. The third kappa shape index (κ3) is 5.66. The Morgan fingerprint density at radius 1 is 1.03 bits per heavy atom. The molecule has 0 atom stereocenters. The maximum atomic E-state index is 15.1. The summed E-state index contributed by atoms with van der Waals surface area (Å²) in [5.74, 6) is -1.17. The monoisotopic (exact) mass is 526 g/mol. The Morgan fingerprint density at radius 2 is 1.69 bits per heavy atom. The quantitative estimate of drug-likeness (QED) is 0.226. The largest absolute Gasteiger partial charge is 0.490 e. The molecule has 0 bridgehead atoms. The molecule has 0 aliphatic heterocycles. The third-order valence-electron chi connectivity index (χ3n) is 5.45. The Labute approximate surface area is 217 Å². The average Bonchev–Trinajstić information content (AvgIpc) is 3.20. The van der Waals surface area contributed by atoms with Crippen molar-refractivity contribution >= 4 is 29.3 Å². The molecule has 4 aromatic rings. The lowest BCUT2D eigenvalue weighted by molar-refractivity contribution is 0.0697. The maximum absolute atomic E-state index is 15.1. The molecule has 3 aromatic carbocycles. The molecular weight excluding hydrogens is 503 g/mol. The van der Waals surface area contributed by atoms with Crippen LogP contribution in [0.15, 0.2) is 71.6 Å². The molecule has 186 valence electrons. The molecule has 0 fully saturated rings. The summed E-state index contributed by atoms with van der Waals surface area (Å²) < 4.78 is 27.8. The van der Waals surface area contributed by atoms with E-state index in [1.54, 1.807) is 18.7 Å². The SMILES string of the molecule is CCOc1c(F)c(-c2ccc(C(=O)O)cc2)nn1CCOc1ccc(-c2ccc(SC)cc2)cc1Cl. The summed E-state index contributed by atoms with van der Waals surface area (Å²) in [7, 11) is 0. The Morgan fingerprint density at radius 3 is 2.31 bits per heavy atom. The summed E-state index contributed by atoms with van der Waals surface area (Å²) >= 11 is 8.15. The van der Waals surface area contributed by atoms with E-state index < -0.39 is 11.8 Å². The summed E-state index contributed by atoms with van der Waals surface area (Å²) in [6, 6.07) is 19.7. The zero-order valence-electron chi connectivity index (χ0n) is 19.7. The van der Waals surface area contributed by atoms with Crippen molar-refractivity contribution < 1.29 is 23.8 Å². The van der Waals surface area contributed by atoms with Crippen molar-refractivity contribution in [3.63, 3.8) is 0 Å². The number of aromatic carboxylic acids is 1. The number of nitrogens with zero attached hydrogens (tertiary/aromatic N) is 2. The van der Waals surface area contributed by atoms with E-state index in [1.807, 2.05) is 36.6 Å². The minimum Gasteiger partial charge on any atom is -0.490 e. The fourth-order valence-electron chi connectivity index (χ4n) is 3.63. The molecule has 0 spiro atoms. The summed E-state index contributed by atoms with van der Waals surface area (Å²) in [6.07, 6.45) is 2.03. The smallest absolute Gasteiger partial charge is 0.335 e. The highest BCUT2D eigenvalue weighted by atomic mass is 35.5. The van der Waals surface area contributed by atoms with Crippen LogP contribution in [0, 0.1) is 5.82 Å². The summed E-state index contributed by atoms with van der Waals surface area (Å²) in [5.41, 5.74) is 2.66. The number of carboxylic acid groups (broad SMARTS) is 1. The number of halogens is 2. The van der Waals surface area contributed by atoms with E-state index in [9.17, 15) is 4.79 Å². The van der Waals surface area contributed by atoms with Crippen LogP contribution in [0.4, 0.5) is 4.39 Å². The first-order valence-corrected chi connectivity index (χ1v) is 12.8. The number of aromatic nitrogens is 2. The van der Waals surface area contributed by atoms with Gasteiger partial charge in [0.25, 0.3) is 0 Å². The number of hydrogen-bond donors (Lipinski definition) is 1. The molecule has 0 unspecified atom stereocenters. The first-order valence-electron chi connectivity index (χ1n) is 11.2. The van der Waals surface area contributed by atoms with Crippen LogP contribution >= 0.6 is 23.4 Å². The van der Waals surface area contributed by atoms with Crippen molar-refractivity contribution in [1.29, 1.82) is 0 Å². The van der Waals surface area contributed by atoms with Crippen LogP contribution in [-0.4, -0.2) is 40.3 Å². The van der Waals surface area contributed by atoms with Gasteiger partial charge in [-0.3, -0.25) is 0 Å². The Kier molecular flexibility index (Phi) is 8.18. The normalized spacial score (nSPS) is 10.9. The van der Waals surface area contributed by atoms with Gasteiger partial charge in [-0.1, -0.05) is 41.9 Å². The molecule has 0 saturated carbocycles. The number of hydrogen-bond acceptors (Lipinski definition) is 5. The molecule has 1 N–H and O–H groups in total. The predicted octanol–water partition coefficient (Wildman–Crippen LogP) is 6.91. The first-order chi connectivity index (χ1) is 17.4. The molecular formula is C27H24ClFN2O4S. The van der Waals surface area contributed by atoms with Crippen LogP contribution in [0.1, 0.15) is 17.3 Å². The Hall–Kier alpha value is -3.49. The summed E-state index contributed by atoms with van der Waals surface area (Å²) in [4.78, 5) is 12.3. The van der Waals surface area contributed by atoms with Crippen molar-refractivity contribution in [2.75, 3.05) is 19.5 Å². The van der Waals surface area contributed by atoms with Gasteiger partial charge in [-0.05, 0) is 60.7 Å². The van der Waals surface area contributed by atoms with Gasteiger partial charge in [0.1, 0.15) is 18.1 Å². The number of benzene rings is 3.